The van der Waals surface area contributed by atoms with Gasteiger partial charge in [-0.3, -0.25) is 4.79 Å². The first-order valence-corrected chi connectivity index (χ1v) is 8.57. The van der Waals surface area contributed by atoms with Crippen molar-refractivity contribution in [1.82, 2.24) is 0 Å². The third-order valence-corrected chi connectivity index (χ3v) is 4.22. The van der Waals surface area contributed by atoms with Crippen molar-refractivity contribution in [3.05, 3.63) is 35.4 Å². The van der Waals surface area contributed by atoms with Crippen molar-refractivity contribution >= 4 is 17.9 Å². The molecule has 1 rings (SSSR count). The van der Waals surface area contributed by atoms with Crippen LogP contribution in [0.25, 0.3) is 0 Å². The molecule has 1 aromatic carbocycles. The molecule has 33 heavy (non-hydrogen) atoms. The van der Waals surface area contributed by atoms with E-state index >= 15 is 0 Å². The van der Waals surface area contributed by atoms with Gasteiger partial charge in [-0.15, -0.1) is 0 Å². The number of nitrogen functional groups attached to an aromatic ring is 1. The van der Waals surface area contributed by atoms with Crippen molar-refractivity contribution in [1.29, 1.82) is 0 Å². The average Bonchev–Trinajstić information content (AvgIpc) is 2.66. The second-order valence-corrected chi connectivity index (χ2v) is 6.55. The predicted molar refractivity (Wildman–Crippen MR) is 90.9 cm³/mol. The number of hydrogen-bond donors (Lipinski definition) is 1. The molecule has 186 valence electrons. The Kier molecular flexibility index (Phi) is 7.83. The van der Waals surface area contributed by atoms with E-state index < -0.39 is 71.2 Å². The van der Waals surface area contributed by atoms with Gasteiger partial charge in [0.15, 0.2) is 6.29 Å². The quantitative estimate of drug-likeness (QED) is 0.120. The van der Waals surface area contributed by atoms with Crippen LogP contribution >= 0.6 is 0 Å². The number of nitrogens with two attached hydrogens (primary N) is 1. The van der Waals surface area contributed by atoms with Crippen LogP contribution < -0.4 is 10.5 Å². The molecule has 0 aliphatic carbocycles. The molecular weight excluding hydrogens is 487 g/mol. The predicted octanol–water partition coefficient (Wildman–Crippen LogP) is 5.60. The van der Waals surface area contributed by atoms with E-state index in [2.05, 4.69) is 0 Å². The lowest BCUT2D eigenvalue weighted by molar-refractivity contribution is -0.422. The minimum absolute atomic E-state index is 0.0337. The standard InChI is InChI=1S/C18H14F11NO3/c1-2-3-13(32)33-12-7-11(30)9(6-10(12)8-31)4-5-14(19,20)15(21,22)16(23,24)17(25,26)18(27,28)29/h2-3,6-8H,4-5,30H2,1H3/b3-2+. The average molecular weight is 501 g/mol. The van der Waals surface area contributed by atoms with Crippen molar-refractivity contribution in [2.75, 3.05) is 5.73 Å². The minimum Gasteiger partial charge on any atom is -0.423 e. The van der Waals surface area contributed by atoms with Gasteiger partial charge in [0.2, 0.25) is 0 Å². The molecule has 0 radical (unpaired) electrons. The fraction of sp³-hybridized carbons (Fsp3) is 0.444. The van der Waals surface area contributed by atoms with Crippen molar-refractivity contribution in [3.8, 4) is 5.75 Å². The number of anilines is 1. The summed E-state index contributed by atoms with van der Waals surface area (Å²) < 4.78 is 148. The number of rotatable bonds is 9. The number of carbonyl (C=O) groups is 2. The van der Waals surface area contributed by atoms with Crippen LogP contribution in [0.3, 0.4) is 0 Å². The van der Waals surface area contributed by atoms with Crippen LogP contribution in [0.1, 0.15) is 29.3 Å². The molecule has 0 aromatic heterocycles. The van der Waals surface area contributed by atoms with E-state index in [-0.39, 0.29) is 6.29 Å². The molecule has 0 heterocycles. The molecule has 0 saturated carbocycles. The summed E-state index contributed by atoms with van der Waals surface area (Å²) in [6, 6.07) is 1.40. The lowest BCUT2D eigenvalue weighted by Crippen LogP contribution is -2.66. The number of benzene rings is 1. The topological polar surface area (TPSA) is 69.4 Å². The van der Waals surface area contributed by atoms with Crippen LogP contribution in [0.15, 0.2) is 24.3 Å². The SMILES string of the molecule is C/C=C/C(=O)Oc1cc(N)c(CCC(F)(F)C(F)(F)C(F)(F)C(F)(F)C(F)(F)F)cc1C=O. The highest BCUT2D eigenvalue weighted by Crippen LogP contribution is 2.58. The van der Waals surface area contributed by atoms with E-state index in [0.29, 0.717) is 6.07 Å². The van der Waals surface area contributed by atoms with E-state index in [1.807, 2.05) is 0 Å². The van der Waals surface area contributed by atoms with Crippen molar-refractivity contribution in [3.63, 3.8) is 0 Å². The largest absolute Gasteiger partial charge is 0.460 e. The first-order chi connectivity index (χ1) is 14.8. The van der Waals surface area contributed by atoms with Gasteiger partial charge in [0.1, 0.15) is 5.75 Å². The molecule has 0 bridgehead atoms. The van der Waals surface area contributed by atoms with Crippen LogP contribution in [-0.2, 0) is 11.2 Å². The van der Waals surface area contributed by atoms with E-state index in [9.17, 15) is 57.9 Å². The Morgan fingerprint density at radius 1 is 0.939 bits per heavy atom. The van der Waals surface area contributed by atoms with Gasteiger partial charge in [-0.2, -0.15) is 48.3 Å². The van der Waals surface area contributed by atoms with E-state index in [1.54, 1.807) is 0 Å². The van der Waals surface area contributed by atoms with Gasteiger partial charge in [0.25, 0.3) is 0 Å². The molecule has 0 atom stereocenters. The molecule has 15 heteroatoms. The Bertz CT molecular complexity index is 924. The molecule has 1 aromatic rings. The summed E-state index contributed by atoms with van der Waals surface area (Å²) in [6.07, 6.45) is -8.76. The van der Waals surface area contributed by atoms with Gasteiger partial charge in [-0.25, -0.2) is 4.79 Å². The smallest absolute Gasteiger partial charge is 0.423 e. The van der Waals surface area contributed by atoms with Gasteiger partial charge in [0, 0.05) is 24.3 Å². The number of carbonyl (C=O) groups excluding carboxylic acids is 2. The molecule has 0 aliphatic heterocycles. The second kappa shape index (κ2) is 9.17. The molecule has 0 amide bonds. The fourth-order valence-electron chi connectivity index (χ4n) is 2.39. The van der Waals surface area contributed by atoms with Crippen LogP contribution in [0, 0.1) is 0 Å². The molecule has 2 N–H and O–H groups in total. The summed E-state index contributed by atoms with van der Waals surface area (Å²) in [5, 5.41) is 0. The lowest BCUT2D eigenvalue weighted by atomic mass is 9.93. The lowest BCUT2D eigenvalue weighted by Gasteiger charge is -2.37. The van der Waals surface area contributed by atoms with Gasteiger partial charge >= 0.3 is 35.8 Å². The monoisotopic (exact) mass is 501 g/mol. The minimum atomic E-state index is -7.51. The van der Waals surface area contributed by atoms with Crippen molar-refractivity contribution < 1.29 is 62.6 Å². The molecule has 0 unspecified atom stereocenters. The maximum Gasteiger partial charge on any atom is 0.460 e. The zero-order chi connectivity index (χ0) is 26.0. The van der Waals surface area contributed by atoms with Crippen molar-refractivity contribution in [2.24, 2.45) is 0 Å². The van der Waals surface area contributed by atoms with E-state index in [0.717, 1.165) is 12.1 Å². The fourth-order valence-corrected chi connectivity index (χ4v) is 2.39. The highest BCUT2D eigenvalue weighted by Gasteiger charge is 2.86. The first-order valence-electron chi connectivity index (χ1n) is 8.57. The Morgan fingerprint density at radius 2 is 1.48 bits per heavy atom. The highest BCUT2D eigenvalue weighted by molar-refractivity contribution is 5.88. The highest BCUT2D eigenvalue weighted by atomic mass is 19.4. The van der Waals surface area contributed by atoms with Gasteiger partial charge in [-0.1, -0.05) is 6.08 Å². The number of hydrogen-bond acceptors (Lipinski definition) is 4. The Morgan fingerprint density at radius 3 is 1.94 bits per heavy atom. The number of esters is 1. The number of halogens is 11. The Balaban J connectivity index is 3.25. The number of allylic oxidation sites excluding steroid dienone is 1. The summed E-state index contributed by atoms with van der Waals surface area (Å²) in [6.45, 7) is 1.43. The van der Waals surface area contributed by atoms with Crippen LogP contribution in [0.4, 0.5) is 54.0 Å². The molecule has 0 spiro atoms. The third kappa shape index (κ3) is 5.21. The molecular formula is C18H14F11NO3. The van der Waals surface area contributed by atoms with Gasteiger partial charge < -0.3 is 10.5 Å². The van der Waals surface area contributed by atoms with E-state index in [4.69, 9.17) is 10.5 Å². The normalized spacial score (nSPS) is 13.9. The first kappa shape index (κ1) is 28.2. The molecule has 0 saturated heterocycles. The molecule has 0 fully saturated rings. The summed E-state index contributed by atoms with van der Waals surface area (Å²) in [4.78, 5) is 22.5. The summed E-state index contributed by atoms with van der Waals surface area (Å²) in [5.41, 5.74) is 3.83. The van der Waals surface area contributed by atoms with Crippen LogP contribution in [-0.4, -0.2) is 42.1 Å². The zero-order valence-corrected chi connectivity index (χ0v) is 16.3. The number of aryl methyl sites for hydroxylation is 1. The second-order valence-electron chi connectivity index (χ2n) is 6.55. The number of ether oxygens (including phenoxy) is 1. The third-order valence-electron chi connectivity index (χ3n) is 4.22. The Labute approximate surface area is 178 Å². The van der Waals surface area contributed by atoms with Gasteiger partial charge in [-0.05, 0) is 25.0 Å². The van der Waals surface area contributed by atoms with Crippen LogP contribution in [0.5, 0.6) is 5.75 Å². The summed E-state index contributed by atoms with van der Waals surface area (Å²) in [7, 11) is 0. The number of aldehydes is 1. The summed E-state index contributed by atoms with van der Waals surface area (Å²) in [5.74, 6) is -29.7. The maximum absolute atomic E-state index is 13.8. The Hall–Kier alpha value is -2.87. The molecule has 0 aliphatic rings. The van der Waals surface area contributed by atoms with Crippen LogP contribution in [0.2, 0.25) is 0 Å². The molecule has 4 nitrogen and oxygen atoms in total. The van der Waals surface area contributed by atoms with E-state index in [1.165, 1.54) is 13.0 Å². The number of alkyl halides is 11. The summed E-state index contributed by atoms with van der Waals surface area (Å²) >= 11 is 0. The van der Waals surface area contributed by atoms with Crippen molar-refractivity contribution in [2.45, 2.75) is 49.6 Å². The zero-order valence-electron chi connectivity index (χ0n) is 16.3. The maximum atomic E-state index is 13.8. The van der Waals surface area contributed by atoms with Gasteiger partial charge in [0.05, 0.1) is 5.56 Å².